The Hall–Kier alpha value is -2.29. The van der Waals surface area contributed by atoms with Crippen LogP contribution in [0.15, 0.2) is 48.5 Å². The minimum absolute atomic E-state index is 0.126. The summed E-state index contributed by atoms with van der Waals surface area (Å²) in [5.41, 5.74) is 4.62. The fourth-order valence-electron chi connectivity index (χ4n) is 3.36. The third-order valence-electron chi connectivity index (χ3n) is 4.49. The molecule has 120 valence electrons. The van der Waals surface area contributed by atoms with Crippen LogP contribution in [0, 0.1) is 0 Å². The van der Waals surface area contributed by atoms with E-state index in [2.05, 4.69) is 38.2 Å². The van der Waals surface area contributed by atoms with E-state index in [0.29, 0.717) is 12.5 Å². The Balaban J connectivity index is 1.74. The van der Waals surface area contributed by atoms with E-state index in [-0.39, 0.29) is 11.9 Å². The topological polar surface area (TPSA) is 32.3 Å². The zero-order valence-electron chi connectivity index (χ0n) is 14.0. The van der Waals surface area contributed by atoms with E-state index in [4.69, 9.17) is 0 Å². The SMILES string of the molecule is CC(C)c1ccccc1NCC(=O)N1c2ccccc2CC1C. The average Bonchev–Trinajstić information content (AvgIpc) is 2.88. The fourth-order valence-corrected chi connectivity index (χ4v) is 3.36. The standard InChI is InChI=1S/C20H24N2O/c1-14(2)17-9-5-6-10-18(17)21-13-20(23)22-15(3)12-16-8-4-7-11-19(16)22/h4-11,14-15,21H,12-13H2,1-3H3. The number of para-hydroxylation sites is 2. The van der Waals surface area contributed by atoms with E-state index < -0.39 is 0 Å². The minimum atomic E-state index is 0.126. The summed E-state index contributed by atoms with van der Waals surface area (Å²) in [6.07, 6.45) is 0.935. The number of fused-ring (bicyclic) bond motifs is 1. The van der Waals surface area contributed by atoms with Gasteiger partial charge in [0, 0.05) is 17.4 Å². The summed E-state index contributed by atoms with van der Waals surface area (Å²) in [7, 11) is 0. The van der Waals surface area contributed by atoms with Crippen molar-refractivity contribution in [3.8, 4) is 0 Å². The molecule has 0 spiro atoms. The maximum Gasteiger partial charge on any atom is 0.246 e. The van der Waals surface area contributed by atoms with E-state index in [1.165, 1.54) is 11.1 Å². The highest BCUT2D eigenvalue weighted by molar-refractivity contribution is 5.98. The maximum atomic E-state index is 12.7. The molecule has 1 amide bonds. The second-order valence-electron chi connectivity index (χ2n) is 6.54. The molecule has 1 heterocycles. The van der Waals surface area contributed by atoms with Crippen molar-refractivity contribution in [1.29, 1.82) is 0 Å². The number of hydrogen-bond acceptors (Lipinski definition) is 2. The van der Waals surface area contributed by atoms with Gasteiger partial charge in [0.15, 0.2) is 0 Å². The van der Waals surface area contributed by atoms with Crippen LogP contribution in [0.25, 0.3) is 0 Å². The van der Waals surface area contributed by atoms with Gasteiger partial charge in [0.05, 0.1) is 6.54 Å². The second kappa shape index (κ2) is 6.45. The summed E-state index contributed by atoms with van der Waals surface area (Å²) in [6, 6.07) is 16.6. The molecular formula is C20H24N2O. The van der Waals surface area contributed by atoms with E-state index in [1.807, 2.05) is 41.3 Å². The van der Waals surface area contributed by atoms with Gasteiger partial charge in [-0.3, -0.25) is 4.79 Å². The zero-order chi connectivity index (χ0) is 16.4. The lowest BCUT2D eigenvalue weighted by Crippen LogP contribution is -2.39. The van der Waals surface area contributed by atoms with Crippen LogP contribution in [0.3, 0.4) is 0 Å². The van der Waals surface area contributed by atoms with Gasteiger partial charge >= 0.3 is 0 Å². The van der Waals surface area contributed by atoms with Crippen molar-refractivity contribution in [2.24, 2.45) is 0 Å². The van der Waals surface area contributed by atoms with Crippen LogP contribution in [-0.2, 0) is 11.2 Å². The molecule has 1 aliphatic heterocycles. The number of hydrogen-bond donors (Lipinski definition) is 1. The van der Waals surface area contributed by atoms with E-state index in [0.717, 1.165) is 17.8 Å². The molecule has 0 fully saturated rings. The first-order valence-electron chi connectivity index (χ1n) is 8.30. The number of amides is 1. The van der Waals surface area contributed by atoms with Crippen molar-refractivity contribution in [3.63, 3.8) is 0 Å². The van der Waals surface area contributed by atoms with Crippen molar-refractivity contribution in [2.45, 2.75) is 39.2 Å². The van der Waals surface area contributed by atoms with Gasteiger partial charge in [-0.1, -0.05) is 50.2 Å². The summed E-state index contributed by atoms with van der Waals surface area (Å²) >= 11 is 0. The van der Waals surface area contributed by atoms with Gasteiger partial charge in [-0.15, -0.1) is 0 Å². The third kappa shape index (κ3) is 3.09. The molecule has 1 aliphatic rings. The molecule has 1 atom stereocenters. The Morgan fingerprint density at radius 3 is 2.65 bits per heavy atom. The Morgan fingerprint density at radius 1 is 1.17 bits per heavy atom. The van der Waals surface area contributed by atoms with E-state index >= 15 is 0 Å². The smallest absolute Gasteiger partial charge is 0.246 e. The molecule has 1 unspecified atom stereocenters. The summed E-state index contributed by atoms with van der Waals surface area (Å²) in [5.74, 6) is 0.557. The number of nitrogens with one attached hydrogen (secondary N) is 1. The lowest BCUT2D eigenvalue weighted by Gasteiger charge is -2.23. The lowest BCUT2D eigenvalue weighted by atomic mass is 10.0. The first kappa shape index (κ1) is 15.6. The monoisotopic (exact) mass is 308 g/mol. The molecule has 0 aliphatic carbocycles. The van der Waals surface area contributed by atoms with Crippen molar-refractivity contribution in [2.75, 3.05) is 16.8 Å². The van der Waals surface area contributed by atoms with Crippen LogP contribution >= 0.6 is 0 Å². The van der Waals surface area contributed by atoms with Crippen LogP contribution in [0.4, 0.5) is 11.4 Å². The lowest BCUT2D eigenvalue weighted by molar-refractivity contribution is -0.117. The highest BCUT2D eigenvalue weighted by Crippen LogP contribution is 2.32. The molecule has 0 bridgehead atoms. The molecule has 2 aromatic rings. The van der Waals surface area contributed by atoms with Gasteiger partial charge in [-0.2, -0.15) is 0 Å². The Bertz CT molecular complexity index is 708. The van der Waals surface area contributed by atoms with Crippen LogP contribution < -0.4 is 10.2 Å². The van der Waals surface area contributed by atoms with Crippen LogP contribution in [0.1, 0.15) is 37.8 Å². The molecule has 0 saturated carbocycles. The highest BCUT2D eigenvalue weighted by Gasteiger charge is 2.30. The maximum absolute atomic E-state index is 12.7. The van der Waals surface area contributed by atoms with Gasteiger partial charge in [0.25, 0.3) is 0 Å². The number of carbonyl (C=O) groups excluding carboxylic acids is 1. The fraction of sp³-hybridized carbons (Fsp3) is 0.350. The van der Waals surface area contributed by atoms with Crippen molar-refractivity contribution in [3.05, 3.63) is 59.7 Å². The molecule has 0 saturated heterocycles. The number of carbonyl (C=O) groups is 1. The normalized spacial score (nSPS) is 16.5. The number of rotatable bonds is 4. The Morgan fingerprint density at radius 2 is 1.87 bits per heavy atom. The number of benzene rings is 2. The molecule has 0 aromatic heterocycles. The minimum Gasteiger partial charge on any atom is -0.376 e. The highest BCUT2D eigenvalue weighted by atomic mass is 16.2. The Labute approximate surface area is 138 Å². The molecule has 0 radical (unpaired) electrons. The molecule has 23 heavy (non-hydrogen) atoms. The predicted octanol–water partition coefficient (Wildman–Crippen LogP) is 4.20. The largest absolute Gasteiger partial charge is 0.376 e. The zero-order valence-corrected chi connectivity index (χ0v) is 14.0. The summed E-state index contributed by atoms with van der Waals surface area (Å²) in [6.45, 7) is 6.77. The van der Waals surface area contributed by atoms with Crippen LogP contribution in [-0.4, -0.2) is 18.5 Å². The van der Waals surface area contributed by atoms with Crippen LogP contribution in [0.2, 0.25) is 0 Å². The predicted molar refractivity (Wildman–Crippen MR) is 96.1 cm³/mol. The molecular weight excluding hydrogens is 284 g/mol. The molecule has 1 N–H and O–H groups in total. The number of nitrogens with zero attached hydrogens (tertiary/aromatic N) is 1. The van der Waals surface area contributed by atoms with Gasteiger partial charge in [0.1, 0.15) is 0 Å². The van der Waals surface area contributed by atoms with Crippen molar-refractivity contribution < 1.29 is 4.79 Å². The van der Waals surface area contributed by atoms with Crippen molar-refractivity contribution in [1.82, 2.24) is 0 Å². The first-order chi connectivity index (χ1) is 11.1. The quantitative estimate of drug-likeness (QED) is 0.918. The Kier molecular flexibility index (Phi) is 4.37. The summed E-state index contributed by atoms with van der Waals surface area (Å²) in [5, 5.41) is 3.33. The number of anilines is 2. The molecule has 3 rings (SSSR count). The summed E-state index contributed by atoms with van der Waals surface area (Å²) < 4.78 is 0. The van der Waals surface area contributed by atoms with Crippen LogP contribution in [0.5, 0.6) is 0 Å². The average molecular weight is 308 g/mol. The van der Waals surface area contributed by atoms with Crippen molar-refractivity contribution >= 4 is 17.3 Å². The van der Waals surface area contributed by atoms with Gasteiger partial charge in [-0.25, -0.2) is 0 Å². The molecule has 2 aromatic carbocycles. The van der Waals surface area contributed by atoms with Gasteiger partial charge < -0.3 is 10.2 Å². The molecule has 3 heteroatoms. The van der Waals surface area contributed by atoms with E-state index in [1.54, 1.807) is 0 Å². The molecule has 3 nitrogen and oxygen atoms in total. The van der Waals surface area contributed by atoms with Gasteiger partial charge in [0.2, 0.25) is 5.91 Å². The first-order valence-corrected chi connectivity index (χ1v) is 8.30. The second-order valence-corrected chi connectivity index (χ2v) is 6.54. The third-order valence-corrected chi connectivity index (χ3v) is 4.49. The van der Waals surface area contributed by atoms with E-state index in [9.17, 15) is 4.79 Å². The summed E-state index contributed by atoms with van der Waals surface area (Å²) in [4.78, 5) is 14.7. The van der Waals surface area contributed by atoms with Gasteiger partial charge in [-0.05, 0) is 42.5 Å².